The molecule has 10 heavy (non-hydrogen) atoms. The summed E-state index contributed by atoms with van der Waals surface area (Å²) in [5, 5.41) is 0. The molecule has 0 aliphatic carbocycles. The van der Waals surface area contributed by atoms with Crippen LogP contribution in [0.2, 0.25) is 0 Å². The molecule has 2 bridgehead atoms. The predicted molar refractivity (Wildman–Crippen MR) is 42.0 cm³/mol. The monoisotopic (exact) mass is 143 g/mol. The van der Waals surface area contributed by atoms with Gasteiger partial charge in [0.2, 0.25) is 0 Å². The highest BCUT2D eigenvalue weighted by molar-refractivity contribution is 4.84. The Morgan fingerprint density at radius 1 is 1.20 bits per heavy atom. The summed E-state index contributed by atoms with van der Waals surface area (Å²) in [6, 6.07) is 0.900. The first-order chi connectivity index (χ1) is 4.36. The van der Waals surface area contributed by atoms with E-state index >= 15 is 0 Å². The zero-order valence-corrected chi connectivity index (χ0v) is 6.64. The lowest BCUT2D eigenvalue weighted by molar-refractivity contribution is 0.0594. The molecule has 3 aliphatic rings. The highest BCUT2D eigenvalue weighted by Gasteiger charge is 2.30. The molecule has 60 valence electrons. The fourth-order valence-electron chi connectivity index (χ4n) is 2.26. The fraction of sp³-hybridized carbons (Fsp3) is 1.00. The Labute approximate surface area is 62.5 Å². The van der Waals surface area contributed by atoms with Crippen molar-refractivity contribution in [3.05, 3.63) is 0 Å². The third-order valence-electron chi connectivity index (χ3n) is 2.95. The van der Waals surface area contributed by atoms with E-state index in [2.05, 4.69) is 11.8 Å². The summed E-state index contributed by atoms with van der Waals surface area (Å²) in [5.74, 6) is 1.09. The van der Waals surface area contributed by atoms with E-state index in [9.17, 15) is 0 Å². The van der Waals surface area contributed by atoms with Gasteiger partial charge in [-0.2, -0.15) is 0 Å². The number of rotatable bonds is 0. The van der Waals surface area contributed by atoms with Crippen LogP contribution in [0.1, 0.15) is 26.2 Å². The van der Waals surface area contributed by atoms with Gasteiger partial charge in [-0.25, -0.2) is 0 Å². The molecule has 0 aromatic heterocycles. The van der Waals surface area contributed by atoms with Gasteiger partial charge in [0.05, 0.1) is 0 Å². The SMILES string of the molecule is CC1CC2CCN1CC2.O. The first kappa shape index (κ1) is 8.02. The van der Waals surface area contributed by atoms with Crippen LogP contribution in [0.15, 0.2) is 0 Å². The quantitative estimate of drug-likeness (QED) is 0.490. The van der Waals surface area contributed by atoms with Crippen LogP contribution in [0.5, 0.6) is 0 Å². The predicted octanol–water partition coefficient (Wildman–Crippen LogP) is 0.666. The Morgan fingerprint density at radius 2 is 1.80 bits per heavy atom. The average molecular weight is 143 g/mol. The number of piperidine rings is 3. The van der Waals surface area contributed by atoms with Crippen LogP contribution in [-0.2, 0) is 0 Å². The molecule has 0 saturated carbocycles. The number of hydrogen-bond acceptors (Lipinski definition) is 1. The van der Waals surface area contributed by atoms with E-state index in [1.165, 1.54) is 32.4 Å². The van der Waals surface area contributed by atoms with Crippen LogP contribution in [0.25, 0.3) is 0 Å². The Bertz CT molecular complexity index is 108. The molecular formula is C8H17NO. The summed E-state index contributed by atoms with van der Waals surface area (Å²) in [6.45, 7) is 5.13. The summed E-state index contributed by atoms with van der Waals surface area (Å²) in [6.07, 6.45) is 4.43. The summed E-state index contributed by atoms with van der Waals surface area (Å²) >= 11 is 0. The minimum Gasteiger partial charge on any atom is -0.412 e. The van der Waals surface area contributed by atoms with Gasteiger partial charge in [0.1, 0.15) is 0 Å². The molecule has 0 aromatic carbocycles. The van der Waals surface area contributed by atoms with E-state index in [1.807, 2.05) is 0 Å². The van der Waals surface area contributed by atoms with E-state index in [1.54, 1.807) is 0 Å². The van der Waals surface area contributed by atoms with Gasteiger partial charge in [-0.1, -0.05) is 0 Å². The highest BCUT2D eigenvalue weighted by Crippen LogP contribution is 2.30. The molecule has 3 heterocycles. The van der Waals surface area contributed by atoms with E-state index < -0.39 is 0 Å². The Balaban J connectivity index is 0.000000500. The number of nitrogens with zero attached hydrogens (tertiary/aromatic N) is 1. The largest absolute Gasteiger partial charge is 0.412 e. The molecule has 2 heteroatoms. The summed E-state index contributed by atoms with van der Waals surface area (Å²) in [7, 11) is 0. The van der Waals surface area contributed by atoms with Crippen LogP contribution in [0.3, 0.4) is 0 Å². The number of hydrogen-bond donors (Lipinski definition) is 0. The number of fused-ring (bicyclic) bond motifs is 3. The van der Waals surface area contributed by atoms with Crippen molar-refractivity contribution in [1.29, 1.82) is 0 Å². The Morgan fingerprint density at radius 3 is 2.00 bits per heavy atom. The fourth-order valence-corrected chi connectivity index (χ4v) is 2.26. The van der Waals surface area contributed by atoms with E-state index in [-0.39, 0.29) is 5.48 Å². The molecule has 3 fully saturated rings. The van der Waals surface area contributed by atoms with Gasteiger partial charge in [-0.15, -0.1) is 0 Å². The van der Waals surface area contributed by atoms with Gasteiger partial charge >= 0.3 is 0 Å². The van der Waals surface area contributed by atoms with E-state index in [0.29, 0.717) is 0 Å². The normalized spacial score (nSPS) is 44.7. The van der Waals surface area contributed by atoms with Crippen molar-refractivity contribution in [2.24, 2.45) is 5.92 Å². The molecular weight excluding hydrogens is 126 g/mol. The van der Waals surface area contributed by atoms with Crippen LogP contribution < -0.4 is 0 Å². The third kappa shape index (κ3) is 1.18. The van der Waals surface area contributed by atoms with Crippen LogP contribution in [0.4, 0.5) is 0 Å². The summed E-state index contributed by atoms with van der Waals surface area (Å²) in [4.78, 5) is 2.62. The molecule has 3 saturated heterocycles. The van der Waals surface area contributed by atoms with Gasteiger partial charge < -0.3 is 10.4 Å². The molecule has 2 nitrogen and oxygen atoms in total. The van der Waals surface area contributed by atoms with Crippen molar-refractivity contribution >= 4 is 0 Å². The lowest BCUT2D eigenvalue weighted by Crippen LogP contribution is -2.46. The minimum atomic E-state index is 0. The van der Waals surface area contributed by atoms with Crippen LogP contribution in [0, 0.1) is 5.92 Å². The molecule has 1 unspecified atom stereocenters. The third-order valence-corrected chi connectivity index (χ3v) is 2.95. The second kappa shape index (κ2) is 2.89. The van der Waals surface area contributed by atoms with Gasteiger partial charge in [0.25, 0.3) is 0 Å². The minimum absolute atomic E-state index is 0. The summed E-state index contributed by atoms with van der Waals surface area (Å²) in [5.41, 5.74) is 0. The van der Waals surface area contributed by atoms with E-state index in [4.69, 9.17) is 0 Å². The Hall–Kier alpha value is -0.0800. The van der Waals surface area contributed by atoms with Crippen molar-refractivity contribution < 1.29 is 5.48 Å². The molecule has 1 atom stereocenters. The molecule has 0 aromatic rings. The van der Waals surface area contributed by atoms with Crippen LogP contribution >= 0.6 is 0 Å². The van der Waals surface area contributed by atoms with Crippen molar-refractivity contribution in [2.45, 2.75) is 32.2 Å². The first-order valence-corrected chi connectivity index (χ1v) is 4.10. The van der Waals surface area contributed by atoms with Gasteiger partial charge in [-0.3, -0.25) is 0 Å². The standard InChI is InChI=1S/C8H15N.H2O/c1-7-6-8-2-4-9(7)5-3-8;/h7-8H,2-6H2,1H3;1H2. The van der Waals surface area contributed by atoms with Crippen molar-refractivity contribution in [3.63, 3.8) is 0 Å². The van der Waals surface area contributed by atoms with Crippen molar-refractivity contribution in [2.75, 3.05) is 13.1 Å². The lowest BCUT2D eigenvalue weighted by Gasteiger charge is -2.43. The van der Waals surface area contributed by atoms with E-state index in [0.717, 1.165) is 12.0 Å². The van der Waals surface area contributed by atoms with Crippen molar-refractivity contribution in [3.8, 4) is 0 Å². The molecule has 0 spiro atoms. The molecule has 3 rings (SSSR count). The zero-order valence-electron chi connectivity index (χ0n) is 6.64. The topological polar surface area (TPSA) is 34.7 Å². The van der Waals surface area contributed by atoms with Gasteiger partial charge in [-0.05, 0) is 45.2 Å². The molecule has 0 radical (unpaired) electrons. The molecule has 3 aliphatic heterocycles. The Kier molecular flexibility index (Phi) is 2.32. The smallest absolute Gasteiger partial charge is 0.00695 e. The maximum absolute atomic E-state index is 2.62. The maximum atomic E-state index is 2.62. The lowest BCUT2D eigenvalue weighted by atomic mass is 9.84. The second-order valence-corrected chi connectivity index (χ2v) is 3.56. The second-order valence-electron chi connectivity index (χ2n) is 3.56. The van der Waals surface area contributed by atoms with Gasteiger partial charge in [0, 0.05) is 6.04 Å². The maximum Gasteiger partial charge on any atom is 0.00695 e. The van der Waals surface area contributed by atoms with Crippen molar-refractivity contribution in [1.82, 2.24) is 4.90 Å². The molecule has 2 N–H and O–H groups in total. The molecule has 0 amide bonds. The first-order valence-electron chi connectivity index (χ1n) is 4.10. The zero-order chi connectivity index (χ0) is 6.27. The summed E-state index contributed by atoms with van der Waals surface area (Å²) < 4.78 is 0. The highest BCUT2D eigenvalue weighted by atomic mass is 16.0. The van der Waals surface area contributed by atoms with Gasteiger partial charge in [0.15, 0.2) is 0 Å². The average Bonchev–Trinajstić information content (AvgIpc) is 1.90. The van der Waals surface area contributed by atoms with Crippen LogP contribution in [-0.4, -0.2) is 29.5 Å².